The third-order valence-electron chi connectivity index (χ3n) is 7.99. The van der Waals surface area contributed by atoms with Crippen molar-refractivity contribution in [2.75, 3.05) is 26.2 Å². The monoisotopic (exact) mass is 630 g/mol. The summed E-state index contributed by atoms with van der Waals surface area (Å²) in [5, 5.41) is 8.85. The van der Waals surface area contributed by atoms with Crippen LogP contribution in [-0.2, 0) is 4.79 Å². The highest BCUT2D eigenvalue weighted by Crippen LogP contribution is 2.41. The molecule has 1 aromatic carbocycles. The zero-order valence-corrected chi connectivity index (χ0v) is 28.9. The molecule has 3 rings (SSSR count). The van der Waals surface area contributed by atoms with E-state index in [1.807, 2.05) is 70.2 Å². The molecule has 46 heavy (non-hydrogen) atoms. The molecule has 1 saturated heterocycles. The predicted molar refractivity (Wildman–Crippen MR) is 188 cm³/mol. The van der Waals surface area contributed by atoms with Gasteiger partial charge in [-0.05, 0) is 83.6 Å². The van der Waals surface area contributed by atoms with Crippen molar-refractivity contribution >= 4 is 17.2 Å². The molecule has 5 nitrogen and oxygen atoms in total. The molecule has 2 fully saturated rings. The first kappa shape index (κ1) is 38.1. The Kier molecular flexibility index (Phi) is 16.1. The molecule has 7 heteroatoms. The number of carbonyl (C=O) groups excluding carboxylic acids is 1. The van der Waals surface area contributed by atoms with Crippen LogP contribution in [0, 0.1) is 17.1 Å². The molecule has 1 saturated carbocycles. The van der Waals surface area contributed by atoms with Gasteiger partial charge in [-0.1, -0.05) is 75.3 Å². The number of hydrogen-bond donors (Lipinski definition) is 0. The number of aliphatic imine (C=N–C) groups is 1. The van der Waals surface area contributed by atoms with Gasteiger partial charge in [0.25, 0.3) is 5.91 Å². The number of halogens is 2. The van der Waals surface area contributed by atoms with Crippen molar-refractivity contribution in [1.82, 2.24) is 9.80 Å². The van der Waals surface area contributed by atoms with Crippen molar-refractivity contribution in [3.8, 4) is 6.07 Å². The second-order valence-electron chi connectivity index (χ2n) is 11.7. The predicted octanol–water partition coefficient (Wildman–Crippen LogP) is 9.68. The lowest BCUT2D eigenvalue weighted by Gasteiger charge is -2.38. The molecule has 1 aliphatic heterocycles. The van der Waals surface area contributed by atoms with Crippen LogP contribution in [0.3, 0.4) is 0 Å². The number of allylic oxidation sites excluding steroid dienone is 11. The number of carbonyl (C=O) groups is 1. The van der Waals surface area contributed by atoms with E-state index in [1.165, 1.54) is 11.6 Å². The molecule has 0 spiro atoms. The van der Waals surface area contributed by atoms with Gasteiger partial charge in [-0.2, -0.15) is 5.26 Å². The first-order chi connectivity index (χ1) is 22.1. The molecule has 0 bridgehead atoms. The van der Waals surface area contributed by atoms with Gasteiger partial charge in [-0.3, -0.25) is 9.79 Å². The molecule has 0 unspecified atom stereocenters. The van der Waals surface area contributed by atoms with Crippen LogP contribution in [0.5, 0.6) is 0 Å². The van der Waals surface area contributed by atoms with E-state index in [1.54, 1.807) is 23.2 Å². The Bertz CT molecular complexity index is 1430. The number of benzene rings is 1. The highest BCUT2D eigenvalue weighted by molar-refractivity contribution is 6.12. The van der Waals surface area contributed by atoms with E-state index in [2.05, 4.69) is 36.7 Å². The highest BCUT2D eigenvalue weighted by Gasteiger charge is 2.53. The summed E-state index contributed by atoms with van der Waals surface area (Å²) in [4.78, 5) is 20.8. The fourth-order valence-electron chi connectivity index (χ4n) is 5.27. The second-order valence-corrected chi connectivity index (χ2v) is 11.7. The van der Waals surface area contributed by atoms with E-state index in [4.69, 9.17) is 5.26 Å². The number of nitriles is 1. The minimum Gasteiger partial charge on any atom is -0.371 e. The fourth-order valence-corrected chi connectivity index (χ4v) is 5.27. The van der Waals surface area contributed by atoms with Gasteiger partial charge in [0.2, 0.25) is 0 Å². The van der Waals surface area contributed by atoms with Gasteiger partial charge < -0.3 is 9.80 Å². The van der Waals surface area contributed by atoms with Crippen molar-refractivity contribution < 1.29 is 13.6 Å². The van der Waals surface area contributed by atoms with E-state index in [-0.39, 0.29) is 11.7 Å². The number of piperazine rings is 1. The first-order valence-corrected chi connectivity index (χ1v) is 16.6. The standard InChI is InChI=1S/C26H33F2N3O.C13H19N/c1-5-7-14-29-19(3)24(21(6-2)22-10-8-9-11-23(22)27)20(4)30-15-17-31(18-16-30)25(32)26(28)12-13-26;1-4-6-7-9-13(11-14)10-12(3)8-5-2/h6-11,14H,5,12-13,15-18H2,1-4H3;6-7,9-10H,4-5,8H2,1-3H3/b14-7+,21-6-,24-20-,29-19+;7-6+,12-10+,13-9+. The number of rotatable bonds is 12. The maximum absolute atomic E-state index is 14.7. The minimum absolute atomic E-state index is 0.282. The average molecular weight is 631 g/mol. The first-order valence-electron chi connectivity index (χ1n) is 16.6. The third-order valence-corrected chi connectivity index (χ3v) is 7.99. The average Bonchev–Trinajstić information content (AvgIpc) is 3.81. The van der Waals surface area contributed by atoms with E-state index < -0.39 is 5.67 Å². The summed E-state index contributed by atoms with van der Waals surface area (Å²) in [7, 11) is 0. The SMILES string of the molecule is CC/C=C/C=C(C#N)\C=C(/C)CCC.C\C=C(C(/C(C)=N/C=C/CC)=C(/C)N1CCN(C(=O)C2(F)CC2)CC1)\c1ccccc1F. The van der Waals surface area contributed by atoms with E-state index >= 15 is 0 Å². The summed E-state index contributed by atoms with van der Waals surface area (Å²) < 4.78 is 28.9. The molecule has 0 aromatic heterocycles. The van der Waals surface area contributed by atoms with Crippen LogP contribution < -0.4 is 0 Å². The smallest absolute Gasteiger partial charge is 0.260 e. The summed E-state index contributed by atoms with van der Waals surface area (Å²) in [5.41, 5.74) is 4.33. The normalized spacial score (nSPS) is 17.9. The Morgan fingerprint density at radius 2 is 1.65 bits per heavy atom. The van der Waals surface area contributed by atoms with Gasteiger partial charge in [-0.25, -0.2) is 8.78 Å². The summed E-state index contributed by atoms with van der Waals surface area (Å²) in [5.74, 6) is -0.655. The van der Waals surface area contributed by atoms with E-state index in [0.717, 1.165) is 53.8 Å². The molecule has 1 aromatic rings. The fraction of sp³-hybridized carbons (Fsp3) is 0.462. The number of nitrogens with zero attached hydrogens (tertiary/aromatic N) is 4. The lowest BCUT2D eigenvalue weighted by molar-refractivity contribution is -0.139. The molecular formula is C39H52F2N4O. The maximum Gasteiger partial charge on any atom is 0.260 e. The molecule has 2 aliphatic rings. The van der Waals surface area contributed by atoms with Crippen molar-refractivity contribution in [2.24, 2.45) is 4.99 Å². The summed E-state index contributed by atoms with van der Waals surface area (Å²) in [6.07, 6.45) is 18.2. The molecule has 0 radical (unpaired) electrons. The minimum atomic E-state index is -1.63. The van der Waals surface area contributed by atoms with Crippen molar-refractivity contribution in [3.63, 3.8) is 0 Å². The van der Waals surface area contributed by atoms with Crippen molar-refractivity contribution in [2.45, 2.75) is 92.7 Å². The van der Waals surface area contributed by atoms with Crippen LogP contribution in [-0.4, -0.2) is 53.3 Å². The quantitative estimate of drug-likeness (QED) is 0.131. The maximum atomic E-state index is 14.7. The van der Waals surface area contributed by atoms with Gasteiger partial charge in [0.05, 0.1) is 11.6 Å². The lowest BCUT2D eigenvalue weighted by atomic mass is 9.92. The summed E-state index contributed by atoms with van der Waals surface area (Å²) >= 11 is 0. The Morgan fingerprint density at radius 1 is 1.02 bits per heavy atom. The van der Waals surface area contributed by atoms with Gasteiger partial charge in [0, 0.05) is 54.9 Å². The van der Waals surface area contributed by atoms with Gasteiger partial charge in [0.15, 0.2) is 5.67 Å². The Hall–Kier alpha value is -4.05. The van der Waals surface area contributed by atoms with E-state index in [9.17, 15) is 13.6 Å². The summed E-state index contributed by atoms with van der Waals surface area (Å²) in [6, 6.07) is 8.93. The zero-order valence-electron chi connectivity index (χ0n) is 28.9. The van der Waals surface area contributed by atoms with Crippen LogP contribution in [0.2, 0.25) is 0 Å². The highest BCUT2D eigenvalue weighted by atomic mass is 19.1. The van der Waals surface area contributed by atoms with Gasteiger partial charge in [-0.15, -0.1) is 0 Å². The molecule has 1 heterocycles. The largest absolute Gasteiger partial charge is 0.371 e. The van der Waals surface area contributed by atoms with Crippen LogP contribution in [0.4, 0.5) is 8.78 Å². The van der Waals surface area contributed by atoms with Crippen LogP contribution in [0.25, 0.3) is 5.57 Å². The van der Waals surface area contributed by atoms with Crippen molar-refractivity contribution in [3.05, 3.63) is 101 Å². The Balaban J connectivity index is 0.000000444. The van der Waals surface area contributed by atoms with E-state index in [0.29, 0.717) is 44.6 Å². The molecule has 0 N–H and O–H groups in total. The number of alkyl halides is 1. The zero-order chi connectivity index (χ0) is 34.1. The number of amides is 1. The molecule has 1 amide bonds. The van der Waals surface area contributed by atoms with Crippen molar-refractivity contribution in [1.29, 1.82) is 5.26 Å². The van der Waals surface area contributed by atoms with Gasteiger partial charge >= 0.3 is 0 Å². The third kappa shape index (κ3) is 11.4. The van der Waals surface area contributed by atoms with Crippen LogP contribution >= 0.6 is 0 Å². The molecule has 0 atom stereocenters. The van der Waals surface area contributed by atoms with Gasteiger partial charge in [0.1, 0.15) is 5.82 Å². The number of hydrogen-bond acceptors (Lipinski definition) is 4. The lowest BCUT2D eigenvalue weighted by Crippen LogP contribution is -2.51. The topological polar surface area (TPSA) is 59.7 Å². The molecular weight excluding hydrogens is 578 g/mol. The summed E-state index contributed by atoms with van der Waals surface area (Å²) in [6.45, 7) is 16.3. The van der Waals surface area contributed by atoms with Crippen LogP contribution in [0.15, 0.2) is 94.3 Å². The molecule has 1 aliphatic carbocycles. The molecule has 248 valence electrons. The second kappa shape index (κ2) is 19.5. The Morgan fingerprint density at radius 3 is 2.20 bits per heavy atom. The Labute approximate surface area is 276 Å². The van der Waals surface area contributed by atoms with Crippen LogP contribution in [0.1, 0.15) is 92.6 Å².